The van der Waals surface area contributed by atoms with Gasteiger partial charge in [-0.15, -0.1) is 47.0 Å². The highest BCUT2D eigenvalue weighted by atomic mass is 32.2. The highest BCUT2D eigenvalue weighted by molar-refractivity contribution is 8.23. The second-order valence-electron chi connectivity index (χ2n) is 4.89. The number of rotatable bonds is 15. The summed E-state index contributed by atoms with van der Waals surface area (Å²) in [5, 5.41) is 4.93. The fourth-order valence-electron chi connectivity index (χ4n) is 2.30. The monoisotopic (exact) mass is 567 g/mol. The van der Waals surface area contributed by atoms with Gasteiger partial charge in [0.1, 0.15) is 0 Å². The van der Waals surface area contributed by atoms with Crippen LogP contribution in [0.5, 0.6) is 0 Å². The van der Waals surface area contributed by atoms with E-state index in [9.17, 15) is 0 Å². The molecule has 0 aromatic heterocycles. The van der Waals surface area contributed by atoms with Crippen molar-refractivity contribution in [2.45, 2.75) is 32.5 Å². The highest BCUT2D eigenvalue weighted by Gasteiger charge is 2.40. The first-order chi connectivity index (χ1) is 11.9. The van der Waals surface area contributed by atoms with Crippen molar-refractivity contribution in [1.82, 2.24) is 0 Å². The van der Waals surface area contributed by atoms with E-state index in [0.29, 0.717) is 10.3 Å². The molecule has 0 aromatic rings. The molecule has 1 radical (unpaired) electrons. The predicted molar refractivity (Wildman–Crippen MR) is 158 cm³/mol. The lowest BCUT2D eigenvalue weighted by Gasteiger charge is -2.40. The minimum Gasteiger partial charge on any atom is -0.178 e. The van der Waals surface area contributed by atoms with Gasteiger partial charge in [0, 0.05) is 58.3 Å². The molecular formula is C13H27S12. The first-order valence-electron chi connectivity index (χ1n) is 7.28. The normalized spacial score (nSPS) is 18.4. The van der Waals surface area contributed by atoms with Crippen molar-refractivity contribution < 1.29 is 0 Å². The second-order valence-corrected chi connectivity index (χ2v) is 15.1. The van der Waals surface area contributed by atoms with Crippen molar-refractivity contribution in [3.05, 3.63) is 5.25 Å². The molecule has 0 fully saturated rings. The van der Waals surface area contributed by atoms with Gasteiger partial charge < -0.3 is 0 Å². The Kier molecular flexibility index (Phi) is 20.8. The summed E-state index contributed by atoms with van der Waals surface area (Å²) in [5.41, 5.74) is 0. The van der Waals surface area contributed by atoms with Crippen molar-refractivity contribution in [3.63, 3.8) is 0 Å². The zero-order valence-electron chi connectivity index (χ0n) is 13.7. The zero-order chi connectivity index (χ0) is 19.4. The van der Waals surface area contributed by atoms with Crippen LogP contribution in [0.25, 0.3) is 0 Å². The van der Waals surface area contributed by atoms with Crippen molar-refractivity contribution in [3.8, 4) is 0 Å². The van der Waals surface area contributed by atoms with Crippen molar-refractivity contribution >= 4 is 148 Å². The van der Waals surface area contributed by atoms with Gasteiger partial charge in [0.15, 0.2) is 0 Å². The van der Waals surface area contributed by atoms with Crippen LogP contribution in [0, 0.1) is 11.2 Å². The molecule has 0 heterocycles. The second kappa shape index (κ2) is 17.8. The van der Waals surface area contributed by atoms with Gasteiger partial charge in [0.05, 0.1) is 4.58 Å². The van der Waals surface area contributed by atoms with Gasteiger partial charge in [-0.3, -0.25) is 0 Å². The molecule has 151 valence electrons. The van der Waals surface area contributed by atoms with E-state index < -0.39 is 0 Å². The van der Waals surface area contributed by atoms with Crippen LogP contribution >= 0.6 is 148 Å². The average Bonchev–Trinajstić information content (AvgIpc) is 2.57. The van der Waals surface area contributed by atoms with Crippen LogP contribution in [0.2, 0.25) is 0 Å². The van der Waals surface area contributed by atoms with E-state index in [1.807, 2.05) is 47.0 Å². The van der Waals surface area contributed by atoms with E-state index in [1.54, 1.807) is 0 Å². The Morgan fingerprint density at radius 3 is 1.56 bits per heavy atom. The van der Waals surface area contributed by atoms with Crippen molar-refractivity contribution in [1.29, 1.82) is 0 Å². The van der Waals surface area contributed by atoms with E-state index in [4.69, 9.17) is 37.9 Å². The molecule has 0 N–H and O–H groups in total. The minimum absolute atomic E-state index is 0.117. The Bertz CT molecular complexity index is 311. The summed E-state index contributed by atoms with van der Waals surface area (Å²) in [7, 11) is 0. The quantitative estimate of drug-likeness (QED) is 0.0882. The molecule has 25 heavy (non-hydrogen) atoms. The lowest BCUT2D eigenvalue weighted by Crippen LogP contribution is -2.43. The average molecular weight is 568 g/mol. The molecule has 0 rings (SSSR count). The van der Waals surface area contributed by atoms with Crippen molar-refractivity contribution in [2.24, 2.45) is 5.92 Å². The number of thioether (sulfide) groups is 4. The molecule has 12 heteroatoms. The maximum Gasteiger partial charge on any atom is 0.0571 e. The topological polar surface area (TPSA) is 0 Å². The third-order valence-electron chi connectivity index (χ3n) is 3.38. The standard InChI is InChI=1S/C13H27S12/c1-7(19)9(13(24-5-17)25-6-18)10(21)12(23-4-16)11(22-3-15)8(20)2-14/h8-21H,2-6H2,1H3. The molecule has 0 saturated carbocycles. The number of hydrogen-bond acceptors (Lipinski definition) is 12. The fraction of sp³-hybridized carbons (Fsp3) is 0.923. The van der Waals surface area contributed by atoms with E-state index in [0.717, 1.165) is 25.6 Å². The SMILES string of the molecule is C[C](S)C(C(SCS)SCS)C(S)C(SCS)C(SCS)C(S)CS. The lowest BCUT2D eigenvalue weighted by molar-refractivity contribution is 0.576. The van der Waals surface area contributed by atoms with E-state index in [2.05, 4.69) is 70.1 Å². The summed E-state index contributed by atoms with van der Waals surface area (Å²) >= 11 is 44.0. The van der Waals surface area contributed by atoms with Gasteiger partial charge in [-0.05, 0) is 6.92 Å². The summed E-state index contributed by atoms with van der Waals surface area (Å²) in [4.78, 5) is 0. The summed E-state index contributed by atoms with van der Waals surface area (Å²) in [6.45, 7) is 2.07. The summed E-state index contributed by atoms with van der Waals surface area (Å²) < 4.78 is 0.314. The fourth-order valence-corrected chi connectivity index (χ4v) is 12.1. The predicted octanol–water partition coefficient (Wildman–Crippen LogP) is 6.16. The molecule has 0 amide bonds. The van der Waals surface area contributed by atoms with E-state index in [1.165, 1.54) is 0 Å². The Hall–Kier alpha value is 4.20. The Morgan fingerprint density at radius 1 is 0.760 bits per heavy atom. The lowest BCUT2D eigenvalue weighted by atomic mass is 9.98. The minimum atomic E-state index is 0.117. The first-order valence-corrected chi connectivity index (χ1v) is 16.1. The molecule has 0 aliphatic rings. The molecule has 0 saturated heterocycles. The first kappa shape index (κ1) is 29.2. The van der Waals surface area contributed by atoms with Crippen LogP contribution in [0.1, 0.15) is 6.92 Å². The molecule has 0 aliphatic heterocycles. The summed E-state index contributed by atoms with van der Waals surface area (Å²) in [6.07, 6.45) is 0. The highest BCUT2D eigenvalue weighted by Crippen LogP contribution is 2.46. The zero-order valence-corrected chi connectivity index (χ0v) is 24.1. The van der Waals surface area contributed by atoms with Gasteiger partial charge >= 0.3 is 0 Å². The molecule has 5 atom stereocenters. The van der Waals surface area contributed by atoms with Crippen molar-refractivity contribution in [2.75, 3.05) is 26.1 Å². The Morgan fingerprint density at radius 2 is 1.20 bits per heavy atom. The maximum atomic E-state index is 5.09. The molecule has 0 aromatic carbocycles. The third-order valence-corrected chi connectivity index (χ3v) is 12.5. The van der Waals surface area contributed by atoms with Gasteiger partial charge in [-0.1, -0.05) is 0 Å². The van der Waals surface area contributed by atoms with Crippen LogP contribution in [-0.2, 0) is 0 Å². The van der Waals surface area contributed by atoms with E-state index >= 15 is 0 Å². The van der Waals surface area contributed by atoms with Crippen LogP contribution in [0.15, 0.2) is 0 Å². The third kappa shape index (κ3) is 10.9. The maximum absolute atomic E-state index is 5.09. The summed E-state index contributed by atoms with van der Waals surface area (Å²) in [5.74, 6) is 0.939. The van der Waals surface area contributed by atoms with Crippen LogP contribution < -0.4 is 0 Å². The number of thiol groups is 8. The van der Waals surface area contributed by atoms with Crippen LogP contribution in [0.3, 0.4) is 0 Å². The largest absolute Gasteiger partial charge is 0.178 e. The molecule has 0 nitrogen and oxygen atoms in total. The van der Waals surface area contributed by atoms with Gasteiger partial charge in [-0.2, -0.15) is 101 Å². The molecule has 5 unspecified atom stereocenters. The van der Waals surface area contributed by atoms with E-state index in [-0.39, 0.29) is 26.9 Å². The Labute approximate surface area is 215 Å². The summed E-state index contributed by atoms with van der Waals surface area (Å²) in [6, 6.07) is 0. The Balaban J connectivity index is 5.61. The van der Waals surface area contributed by atoms with Gasteiger partial charge in [0.25, 0.3) is 0 Å². The van der Waals surface area contributed by atoms with Crippen LogP contribution in [-0.4, -0.2) is 51.7 Å². The molecule has 0 spiro atoms. The van der Waals surface area contributed by atoms with Gasteiger partial charge in [0.2, 0.25) is 0 Å². The molecule has 0 bridgehead atoms. The molecule has 0 aliphatic carbocycles. The van der Waals surface area contributed by atoms with Crippen LogP contribution in [0.4, 0.5) is 0 Å². The number of hydrogen-bond donors (Lipinski definition) is 8. The van der Waals surface area contributed by atoms with Gasteiger partial charge in [-0.25, -0.2) is 0 Å². The molecular weight excluding hydrogens is 541 g/mol. The smallest absolute Gasteiger partial charge is 0.0571 e.